The fraction of sp³-hybridized carbons (Fsp3) is 0.375. The van der Waals surface area contributed by atoms with Gasteiger partial charge in [-0.3, -0.25) is 19.3 Å². The zero-order valence-electron chi connectivity index (χ0n) is 19.2. The summed E-state index contributed by atoms with van der Waals surface area (Å²) in [5.41, 5.74) is 1.13. The van der Waals surface area contributed by atoms with Crippen molar-refractivity contribution in [3.05, 3.63) is 65.5 Å². The summed E-state index contributed by atoms with van der Waals surface area (Å²) < 4.78 is 40.7. The molecule has 186 valence electrons. The summed E-state index contributed by atoms with van der Waals surface area (Å²) in [5.74, 6) is -1.65. The molecule has 1 saturated heterocycles. The van der Waals surface area contributed by atoms with Crippen molar-refractivity contribution in [3.63, 3.8) is 0 Å². The van der Waals surface area contributed by atoms with Crippen molar-refractivity contribution in [1.29, 1.82) is 0 Å². The normalized spacial score (nSPS) is 16.5. The van der Waals surface area contributed by atoms with Crippen LogP contribution in [-0.2, 0) is 14.8 Å². The highest BCUT2D eigenvalue weighted by Gasteiger charge is 2.35. The summed E-state index contributed by atoms with van der Waals surface area (Å²) in [7, 11) is -3.50. The number of anilines is 1. The Kier molecular flexibility index (Phi) is 7.46. The predicted octanol–water partition coefficient (Wildman–Crippen LogP) is 1.47. The van der Waals surface area contributed by atoms with Gasteiger partial charge in [0.15, 0.2) is 0 Å². The Hall–Kier alpha value is -3.31. The third kappa shape index (κ3) is 5.51. The van der Waals surface area contributed by atoms with Gasteiger partial charge in [-0.05, 0) is 30.7 Å². The molecule has 2 heterocycles. The van der Waals surface area contributed by atoms with E-state index in [0.717, 1.165) is 4.90 Å². The van der Waals surface area contributed by atoms with Crippen LogP contribution >= 0.6 is 0 Å². The van der Waals surface area contributed by atoms with Crippen molar-refractivity contribution in [2.45, 2.75) is 12.8 Å². The monoisotopic (exact) mass is 502 g/mol. The van der Waals surface area contributed by atoms with E-state index in [4.69, 9.17) is 0 Å². The highest BCUT2D eigenvalue weighted by Crippen LogP contribution is 2.23. The van der Waals surface area contributed by atoms with E-state index in [1.165, 1.54) is 10.4 Å². The molecule has 2 aliphatic heterocycles. The largest absolute Gasteiger partial charge is 0.367 e. The molecule has 3 amide bonds. The first kappa shape index (κ1) is 24.8. The van der Waals surface area contributed by atoms with Crippen molar-refractivity contribution < 1.29 is 27.2 Å². The summed E-state index contributed by atoms with van der Waals surface area (Å²) in [6.07, 6.45) is 0.171. The van der Waals surface area contributed by atoms with Crippen LogP contribution in [0.25, 0.3) is 0 Å². The highest BCUT2D eigenvalue weighted by atomic mass is 32.2. The maximum Gasteiger partial charge on any atom is 0.261 e. The van der Waals surface area contributed by atoms with Gasteiger partial charge in [-0.25, -0.2) is 12.8 Å². The van der Waals surface area contributed by atoms with E-state index in [9.17, 15) is 27.2 Å². The summed E-state index contributed by atoms with van der Waals surface area (Å²) >= 11 is 0. The van der Waals surface area contributed by atoms with Crippen molar-refractivity contribution >= 4 is 33.4 Å². The zero-order chi connectivity index (χ0) is 25.0. The minimum absolute atomic E-state index is 0.0389. The lowest BCUT2D eigenvalue weighted by Crippen LogP contribution is -2.49. The molecule has 2 aliphatic rings. The fourth-order valence-electron chi connectivity index (χ4n) is 4.27. The molecule has 0 radical (unpaired) electrons. The van der Waals surface area contributed by atoms with E-state index in [1.54, 1.807) is 42.5 Å². The maximum absolute atomic E-state index is 14.0. The van der Waals surface area contributed by atoms with E-state index >= 15 is 0 Å². The first-order valence-electron chi connectivity index (χ1n) is 11.5. The van der Waals surface area contributed by atoms with Gasteiger partial charge in [0.1, 0.15) is 5.82 Å². The Labute approximate surface area is 203 Å². The van der Waals surface area contributed by atoms with E-state index in [1.807, 2.05) is 4.90 Å². The lowest BCUT2D eigenvalue weighted by molar-refractivity contribution is -0.121. The Bertz CT molecular complexity index is 1190. The SMILES string of the molecule is O=C(CCN1C(=O)c2ccccc2C1=O)NCCCS(=O)(=O)N1CCN(c2ccccc2F)CC1. The number of hydrogen-bond acceptors (Lipinski definition) is 6. The van der Waals surface area contributed by atoms with Gasteiger partial charge in [-0.2, -0.15) is 4.31 Å². The van der Waals surface area contributed by atoms with Gasteiger partial charge in [0, 0.05) is 45.7 Å². The molecule has 2 aromatic carbocycles. The quantitative estimate of drug-likeness (QED) is 0.411. The lowest BCUT2D eigenvalue weighted by atomic mass is 10.1. The topological polar surface area (TPSA) is 107 Å². The Morgan fingerprint density at radius 1 is 0.914 bits per heavy atom. The second-order valence-corrected chi connectivity index (χ2v) is 10.5. The molecule has 0 bridgehead atoms. The van der Waals surface area contributed by atoms with Crippen molar-refractivity contribution in [3.8, 4) is 0 Å². The summed E-state index contributed by atoms with van der Waals surface area (Å²) in [4.78, 5) is 39.7. The number of para-hydroxylation sites is 1. The maximum atomic E-state index is 14.0. The van der Waals surface area contributed by atoms with Gasteiger partial charge in [0.05, 0.1) is 22.6 Å². The Morgan fingerprint density at radius 3 is 2.14 bits per heavy atom. The van der Waals surface area contributed by atoms with E-state index in [-0.39, 0.29) is 56.5 Å². The third-order valence-corrected chi connectivity index (χ3v) is 8.12. The smallest absolute Gasteiger partial charge is 0.261 e. The van der Waals surface area contributed by atoms with Crippen LogP contribution in [0.5, 0.6) is 0 Å². The number of amides is 3. The Balaban J connectivity index is 1.16. The zero-order valence-corrected chi connectivity index (χ0v) is 20.0. The molecule has 0 aliphatic carbocycles. The van der Waals surface area contributed by atoms with Gasteiger partial charge in [0.25, 0.3) is 11.8 Å². The molecular formula is C24H27FN4O5S. The van der Waals surface area contributed by atoms with Gasteiger partial charge in [-0.15, -0.1) is 0 Å². The van der Waals surface area contributed by atoms with Crippen molar-refractivity contribution in [2.24, 2.45) is 0 Å². The number of sulfonamides is 1. The second kappa shape index (κ2) is 10.5. The third-order valence-electron chi connectivity index (χ3n) is 6.17. The molecular weight excluding hydrogens is 475 g/mol. The molecule has 35 heavy (non-hydrogen) atoms. The summed E-state index contributed by atoms with van der Waals surface area (Å²) in [6, 6.07) is 12.9. The van der Waals surface area contributed by atoms with Gasteiger partial charge in [-0.1, -0.05) is 24.3 Å². The molecule has 0 aromatic heterocycles. The molecule has 4 rings (SSSR count). The first-order chi connectivity index (χ1) is 16.8. The number of piperazine rings is 1. The van der Waals surface area contributed by atoms with Gasteiger partial charge >= 0.3 is 0 Å². The molecule has 2 aromatic rings. The molecule has 1 N–H and O–H groups in total. The molecule has 0 spiro atoms. The second-order valence-electron chi connectivity index (χ2n) is 8.41. The van der Waals surface area contributed by atoms with E-state index in [0.29, 0.717) is 29.9 Å². The van der Waals surface area contributed by atoms with E-state index < -0.39 is 21.8 Å². The minimum Gasteiger partial charge on any atom is -0.367 e. The summed E-state index contributed by atoms with van der Waals surface area (Å²) in [5, 5.41) is 2.65. The average molecular weight is 503 g/mol. The van der Waals surface area contributed by atoms with Crippen molar-refractivity contribution in [2.75, 3.05) is 49.9 Å². The van der Waals surface area contributed by atoms with Crippen LogP contribution in [0.1, 0.15) is 33.6 Å². The number of rotatable bonds is 9. The number of nitrogens with one attached hydrogen (secondary N) is 1. The average Bonchev–Trinajstić information content (AvgIpc) is 3.10. The number of benzene rings is 2. The van der Waals surface area contributed by atoms with Gasteiger partial charge in [0.2, 0.25) is 15.9 Å². The molecule has 1 fully saturated rings. The van der Waals surface area contributed by atoms with Crippen LogP contribution in [0.2, 0.25) is 0 Å². The van der Waals surface area contributed by atoms with E-state index in [2.05, 4.69) is 5.32 Å². The number of carbonyl (C=O) groups excluding carboxylic acids is 3. The first-order valence-corrected chi connectivity index (χ1v) is 13.1. The van der Waals surface area contributed by atoms with Crippen LogP contribution < -0.4 is 10.2 Å². The number of nitrogens with zero attached hydrogens (tertiary/aromatic N) is 3. The van der Waals surface area contributed by atoms with Crippen LogP contribution in [-0.4, -0.2) is 80.4 Å². The molecule has 9 nitrogen and oxygen atoms in total. The molecule has 0 unspecified atom stereocenters. The number of fused-ring (bicyclic) bond motifs is 1. The van der Waals surface area contributed by atoms with Gasteiger partial charge < -0.3 is 10.2 Å². The van der Waals surface area contributed by atoms with Crippen LogP contribution in [0.3, 0.4) is 0 Å². The van der Waals surface area contributed by atoms with Crippen molar-refractivity contribution in [1.82, 2.24) is 14.5 Å². The molecule has 11 heteroatoms. The Morgan fingerprint density at radius 2 is 1.51 bits per heavy atom. The number of imide groups is 1. The lowest BCUT2D eigenvalue weighted by Gasteiger charge is -2.35. The predicted molar refractivity (Wildman–Crippen MR) is 128 cm³/mol. The summed E-state index contributed by atoms with van der Waals surface area (Å²) in [6.45, 7) is 1.45. The standard InChI is InChI=1S/C24H27FN4O5S/c25-20-8-3-4-9-21(20)27-13-15-28(16-14-27)35(33,34)17-5-11-26-22(30)10-12-29-23(31)18-6-1-2-7-19(18)24(29)32/h1-4,6-9H,5,10-17H2,(H,26,30). The van der Waals surface area contributed by atoms with Crippen LogP contribution in [0, 0.1) is 5.82 Å². The fourth-order valence-corrected chi connectivity index (χ4v) is 5.76. The van der Waals surface area contributed by atoms with Crippen LogP contribution in [0.4, 0.5) is 10.1 Å². The highest BCUT2D eigenvalue weighted by molar-refractivity contribution is 7.89. The number of carbonyl (C=O) groups is 3. The number of hydrogen-bond donors (Lipinski definition) is 1. The van der Waals surface area contributed by atoms with Crippen LogP contribution in [0.15, 0.2) is 48.5 Å². The molecule has 0 saturated carbocycles. The minimum atomic E-state index is -3.50. The number of halogens is 1. The molecule has 0 atom stereocenters.